The lowest BCUT2D eigenvalue weighted by atomic mass is 9.94. The third-order valence-corrected chi connectivity index (χ3v) is 12.3. The zero-order valence-corrected chi connectivity index (χ0v) is 42.4. The zero-order chi connectivity index (χ0) is 44.5. The van der Waals surface area contributed by atoms with E-state index in [0.29, 0.717) is 38.0 Å². The van der Waals surface area contributed by atoms with E-state index in [1.807, 2.05) is 79.7 Å². The number of rotatable bonds is 24. The van der Waals surface area contributed by atoms with Gasteiger partial charge in [0, 0.05) is 13.8 Å². The van der Waals surface area contributed by atoms with E-state index in [0.717, 1.165) is 81.5 Å². The Morgan fingerprint density at radius 2 is 1.12 bits per heavy atom. The third-order valence-electron chi connectivity index (χ3n) is 9.27. The molecule has 0 saturated carbocycles. The highest BCUT2D eigenvalue weighted by Gasteiger charge is 2.43. The average Bonchev–Trinajstić information content (AvgIpc) is 3.73. The van der Waals surface area contributed by atoms with Gasteiger partial charge in [-0.25, -0.2) is 14.5 Å². The van der Waals surface area contributed by atoms with Crippen LogP contribution < -0.4 is 9.47 Å². The molecule has 336 valence electrons. The molecule has 2 unspecified atom stereocenters. The molecular weight excluding hydrogens is 1010 g/mol. The van der Waals surface area contributed by atoms with Gasteiger partial charge in [-0.1, -0.05) is 37.4 Å². The van der Waals surface area contributed by atoms with Gasteiger partial charge in [0.2, 0.25) is 0 Å². The number of aryl methyl sites for hydroxylation is 2. The van der Waals surface area contributed by atoms with Gasteiger partial charge in [-0.05, 0) is 193 Å². The molecular formula is C46H69I2N2O9P. The van der Waals surface area contributed by atoms with Crippen molar-refractivity contribution < 1.29 is 42.2 Å². The van der Waals surface area contributed by atoms with Crippen molar-refractivity contribution in [3.05, 3.63) is 80.0 Å². The summed E-state index contributed by atoms with van der Waals surface area (Å²) in [5.41, 5.74) is -0.165. The number of hydrogen-bond donors (Lipinski definition) is 1. The lowest BCUT2D eigenvalue weighted by molar-refractivity contribution is -0.00466. The van der Waals surface area contributed by atoms with Crippen molar-refractivity contribution in [1.29, 1.82) is 0 Å². The molecule has 0 radical (unpaired) electrons. The maximum Gasteiger partial charge on any atom is 0.475 e. The fourth-order valence-electron chi connectivity index (χ4n) is 6.25. The van der Waals surface area contributed by atoms with E-state index in [4.69, 9.17) is 37.5 Å². The molecule has 60 heavy (non-hydrogen) atoms. The van der Waals surface area contributed by atoms with E-state index in [2.05, 4.69) is 87.6 Å². The third kappa shape index (κ3) is 20.9. The van der Waals surface area contributed by atoms with E-state index in [1.165, 1.54) is 12.7 Å². The van der Waals surface area contributed by atoms with Gasteiger partial charge in [-0.15, -0.1) is 0 Å². The molecule has 0 amide bonds. The minimum Gasteiger partial charge on any atom is -0.494 e. The fourth-order valence-corrected chi connectivity index (χ4v) is 8.90. The maximum absolute atomic E-state index is 13.5. The van der Waals surface area contributed by atoms with Crippen LogP contribution in [0.3, 0.4) is 0 Å². The number of hydrogen-bond acceptors (Lipinski definition) is 11. The molecule has 4 rings (SSSR count). The minimum absolute atomic E-state index is 0.0230. The number of ether oxygens (including phenoxy) is 4. The lowest BCUT2D eigenvalue weighted by Crippen LogP contribution is -2.36. The highest BCUT2D eigenvalue weighted by Crippen LogP contribution is 2.56. The van der Waals surface area contributed by atoms with Gasteiger partial charge in [-0.2, -0.15) is 0 Å². The summed E-state index contributed by atoms with van der Waals surface area (Å²) >= 11 is 4.54. The number of phosphoric acid groups is 1. The van der Waals surface area contributed by atoms with E-state index in [9.17, 15) is 9.67 Å². The van der Waals surface area contributed by atoms with Crippen molar-refractivity contribution in [3.8, 4) is 11.5 Å². The van der Waals surface area contributed by atoms with Crippen molar-refractivity contribution in [2.45, 2.75) is 142 Å². The summed E-state index contributed by atoms with van der Waals surface area (Å²) in [6, 6.07) is 16.3. The van der Waals surface area contributed by atoms with Crippen LogP contribution in [0.15, 0.2) is 78.8 Å². The average molecular weight is 1080 g/mol. The summed E-state index contributed by atoms with van der Waals surface area (Å²) in [5.74, 6) is 3.03. The molecule has 0 bridgehead atoms. The van der Waals surface area contributed by atoms with Crippen LogP contribution in [0.5, 0.6) is 11.5 Å². The van der Waals surface area contributed by atoms with Crippen LogP contribution >= 0.6 is 53.0 Å². The first-order valence-electron chi connectivity index (χ1n) is 20.9. The largest absolute Gasteiger partial charge is 0.494 e. The van der Waals surface area contributed by atoms with Gasteiger partial charge in [0.25, 0.3) is 0 Å². The summed E-state index contributed by atoms with van der Waals surface area (Å²) in [5, 5.41) is 9.62. The molecule has 2 aromatic carbocycles. The molecule has 0 spiro atoms. The quantitative estimate of drug-likeness (QED) is 0.0621. The first-order chi connectivity index (χ1) is 28.1. The van der Waals surface area contributed by atoms with E-state index in [-0.39, 0.29) is 13.2 Å². The molecule has 2 aromatic rings. The standard InChI is InChI=1S/C27H43INO6P.C19H26INO3/c1-21(28)11-9-10-18-31-24-14-12-23(13-15-24)16-17-27(19-32-22(2)29-27)20-33-36(30,34-25(3,4)5)35-26(6,7)8;1-15(20)5-3-4-12-23-18-8-6-17(7-9-18)10-11-19(13-22)14-24-16(2)21-19/h12-15H,1,9-11,16-20H2,2-8H3;6-9,22H,1,3-5,10-14H2,2H3. The van der Waals surface area contributed by atoms with Crippen LogP contribution in [0.4, 0.5) is 0 Å². The Morgan fingerprint density at radius 3 is 1.47 bits per heavy atom. The van der Waals surface area contributed by atoms with Crippen molar-refractivity contribution in [2.75, 3.05) is 39.6 Å². The second kappa shape index (κ2) is 24.7. The number of allylic oxidation sites excluding steroid dienone is 2. The Labute approximate surface area is 387 Å². The topological polar surface area (TPSA) is 127 Å². The van der Waals surface area contributed by atoms with Crippen LogP contribution in [0, 0.1) is 0 Å². The van der Waals surface area contributed by atoms with Gasteiger partial charge in [0.1, 0.15) is 35.8 Å². The SMILES string of the molecule is C=C(I)CCCCOc1ccc(CCC2(CO)COC(C)=N2)cc1.C=C(I)CCCCOc1ccc(CCC2(COP(=O)(OC(C)(C)C)OC(C)(C)C)COC(C)=N2)cc1. The summed E-state index contributed by atoms with van der Waals surface area (Å²) in [6.45, 7) is 24.7. The molecule has 11 nitrogen and oxygen atoms in total. The number of aliphatic hydroxyl groups excluding tert-OH is 1. The number of phosphoric ester groups is 1. The number of halogens is 2. The molecule has 0 aromatic heterocycles. The van der Waals surface area contributed by atoms with Gasteiger partial charge < -0.3 is 24.1 Å². The van der Waals surface area contributed by atoms with E-state index < -0.39 is 30.1 Å². The van der Waals surface area contributed by atoms with E-state index in [1.54, 1.807) is 0 Å². The molecule has 2 heterocycles. The maximum atomic E-state index is 13.5. The Morgan fingerprint density at radius 1 is 0.717 bits per heavy atom. The fraction of sp³-hybridized carbons (Fsp3) is 0.609. The van der Waals surface area contributed by atoms with Crippen molar-refractivity contribution in [2.24, 2.45) is 9.98 Å². The molecule has 0 saturated heterocycles. The van der Waals surface area contributed by atoms with Crippen LogP contribution in [0.1, 0.15) is 118 Å². The van der Waals surface area contributed by atoms with Gasteiger partial charge in [-0.3, -0.25) is 13.6 Å². The summed E-state index contributed by atoms with van der Waals surface area (Å²) in [4.78, 5) is 9.18. The number of nitrogens with zero attached hydrogens (tertiary/aromatic N) is 2. The number of unbranched alkanes of at least 4 members (excludes halogenated alkanes) is 2. The highest BCUT2D eigenvalue weighted by molar-refractivity contribution is 14.1. The predicted octanol–water partition coefficient (Wildman–Crippen LogP) is 12.4. The Bertz CT molecular complexity index is 1740. The van der Waals surface area contributed by atoms with Crippen molar-refractivity contribution >= 4 is 64.8 Å². The highest BCUT2D eigenvalue weighted by atomic mass is 127. The molecule has 0 fully saturated rings. The normalized spacial score (nSPS) is 19.1. The number of aliphatic hydroxyl groups is 1. The molecule has 0 aliphatic carbocycles. The Hall–Kier alpha value is -2.01. The first kappa shape index (κ1) is 52.3. The summed E-state index contributed by atoms with van der Waals surface area (Å²) < 4.78 is 56.1. The number of benzene rings is 2. The molecule has 1 N–H and O–H groups in total. The smallest absolute Gasteiger partial charge is 0.475 e. The van der Waals surface area contributed by atoms with E-state index >= 15 is 0 Å². The van der Waals surface area contributed by atoms with Gasteiger partial charge >= 0.3 is 7.82 Å². The monoisotopic (exact) mass is 1080 g/mol. The van der Waals surface area contributed by atoms with Crippen LogP contribution in [0.25, 0.3) is 0 Å². The zero-order valence-electron chi connectivity index (χ0n) is 37.2. The van der Waals surface area contributed by atoms with Gasteiger partial charge in [0.15, 0.2) is 11.8 Å². The number of aliphatic imine (C=N–C) groups is 2. The molecule has 2 aliphatic rings. The summed E-state index contributed by atoms with van der Waals surface area (Å²) in [7, 11) is -3.85. The van der Waals surface area contributed by atoms with Gasteiger partial charge in [0.05, 0.1) is 37.6 Å². The van der Waals surface area contributed by atoms with Crippen LogP contribution in [0.2, 0.25) is 0 Å². The lowest BCUT2D eigenvalue weighted by Gasteiger charge is -2.33. The van der Waals surface area contributed by atoms with Crippen molar-refractivity contribution in [3.63, 3.8) is 0 Å². The first-order valence-corrected chi connectivity index (χ1v) is 24.5. The second-order valence-electron chi connectivity index (χ2n) is 17.5. The molecule has 2 aliphatic heterocycles. The summed E-state index contributed by atoms with van der Waals surface area (Å²) in [6.07, 6.45) is 9.39. The van der Waals surface area contributed by atoms with Crippen molar-refractivity contribution in [1.82, 2.24) is 0 Å². The Kier molecular flexibility index (Phi) is 21.6. The van der Waals surface area contributed by atoms with Crippen LogP contribution in [-0.2, 0) is 40.5 Å². The Balaban J connectivity index is 0.000000347. The minimum atomic E-state index is -3.85. The second-order valence-corrected chi connectivity index (χ2v) is 22.1. The molecule has 14 heteroatoms. The van der Waals surface area contributed by atoms with Crippen LogP contribution in [-0.4, -0.2) is 78.8 Å². The molecule has 2 atom stereocenters. The predicted molar refractivity (Wildman–Crippen MR) is 260 cm³/mol.